The van der Waals surface area contributed by atoms with Crippen LogP contribution < -0.4 is 0 Å². The van der Waals surface area contributed by atoms with Crippen LogP contribution in [0.1, 0.15) is 35.1 Å². The van der Waals surface area contributed by atoms with Crippen molar-refractivity contribution in [3.8, 4) is 0 Å². The zero-order valence-corrected chi connectivity index (χ0v) is 29.8. The van der Waals surface area contributed by atoms with Crippen LogP contribution in [0.2, 0.25) is 0 Å². The summed E-state index contributed by atoms with van der Waals surface area (Å²) >= 11 is 6.95. The smallest absolute Gasteiger partial charge is 0.410 e. The molecule has 2 aliphatic rings. The van der Waals surface area contributed by atoms with E-state index in [4.69, 9.17) is 9.47 Å². The van der Waals surface area contributed by atoms with Gasteiger partial charge in [-0.05, 0) is 59.4 Å². The molecule has 9 heteroatoms. The summed E-state index contributed by atoms with van der Waals surface area (Å²) in [6.45, 7) is 6.68. The number of hydrogen-bond acceptors (Lipinski definition) is 5. The molecule has 0 aliphatic carbocycles. The normalized spacial score (nSPS) is 20.0. The molecule has 2 fully saturated rings. The van der Waals surface area contributed by atoms with Gasteiger partial charge in [-0.3, -0.25) is 0 Å². The zero-order chi connectivity index (χ0) is 34.0. The standard InChI is InChI=1S/C20H20BrNO2.C19H18BrNO3/c1-2-20(17-9-6-10-18(21)13-17)11-12-22(15-20)19(23)24-14-16-7-4-3-5-8-16;20-17-8-4-7-16(11-17)19(14-22)9-10-21(13-19)18(23)24-12-15-5-2-1-3-6-15/h2-10,13H,1,11-12,14-15H2;1-8,11,14H,9-10,12-13H2. The third-order valence-electron chi connectivity index (χ3n) is 8.94. The van der Waals surface area contributed by atoms with E-state index in [1.54, 1.807) is 9.80 Å². The Hall–Kier alpha value is -4.21. The first-order valence-corrected chi connectivity index (χ1v) is 17.4. The van der Waals surface area contributed by atoms with Gasteiger partial charge in [0.25, 0.3) is 0 Å². The van der Waals surface area contributed by atoms with Crippen molar-refractivity contribution in [2.45, 2.75) is 36.9 Å². The van der Waals surface area contributed by atoms with E-state index in [9.17, 15) is 14.4 Å². The molecule has 2 saturated heterocycles. The summed E-state index contributed by atoms with van der Waals surface area (Å²) in [7, 11) is 0. The molecule has 0 aromatic heterocycles. The maximum atomic E-state index is 12.4. The number of hydrogen-bond donors (Lipinski definition) is 0. The van der Waals surface area contributed by atoms with Gasteiger partial charge in [0.1, 0.15) is 19.5 Å². The van der Waals surface area contributed by atoms with E-state index in [0.717, 1.165) is 38.3 Å². The molecule has 4 aromatic rings. The number of likely N-dealkylation sites (tertiary alicyclic amines) is 2. The number of ether oxygens (including phenoxy) is 2. The fourth-order valence-electron chi connectivity index (χ4n) is 6.12. The maximum absolute atomic E-state index is 12.4. The van der Waals surface area contributed by atoms with E-state index >= 15 is 0 Å². The summed E-state index contributed by atoms with van der Waals surface area (Å²) in [6, 6.07) is 35.2. The lowest BCUT2D eigenvalue weighted by atomic mass is 9.80. The molecule has 4 aromatic carbocycles. The van der Waals surface area contributed by atoms with Crippen LogP contribution in [0.25, 0.3) is 0 Å². The minimum Gasteiger partial charge on any atom is -0.445 e. The Morgan fingerprint density at radius 3 is 1.54 bits per heavy atom. The highest BCUT2D eigenvalue weighted by molar-refractivity contribution is 9.10. The number of benzene rings is 4. The Bertz CT molecular complexity index is 1590. The number of halogens is 2. The molecule has 0 saturated carbocycles. The molecule has 2 atom stereocenters. The molecule has 6 rings (SSSR count). The molecule has 248 valence electrons. The molecule has 2 heterocycles. The first kappa shape index (κ1) is 35.1. The monoisotopic (exact) mass is 772 g/mol. The van der Waals surface area contributed by atoms with Gasteiger partial charge in [0.2, 0.25) is 0 Å². The molecular weight excluding hydrogens is 736 g/mol. The van der Waals surface area contributed by atoms with Crippen LogP contribution in [-0.2, 0) is 38.3 Å². The predicted octanol–water partition coefficient (Wildman–Crippen LogP) is 8.84. The number of amides is 2. The topological polar surface area (TPSA) is 76.2 Å². The molecule has 2 amide bonds. The lowest BCUT2D eigenvalue weighted by Crippen LogP contribution is -2.35. The van der Waals surface area contributed by atoms with Gasteiger partial charge in [-0.25, -0.2) is 9.59 Å². The van der Waals surface area contributed by atoms with E-state index in [0.29, 0.717) is 39.2 Å². The first-order valence-electron chi connectivity index (χ1n) is 15.8. The SMILES string of the molecule is C=CC1(c2cccc(Br)c2)CCN(C(=O)OCc2ccccc2)C1.O=CC1(c2cccc(Br)c2)CCN(C(=O)OCc2ccccc2)C1. The number of aldehydes is 1. The van der Waals surface area contributed by atoms with E-state index in [1.807, 2.05) is 103 Å². The lowest BCUT2D eigenvalue weighted by molar-refractivity contribution is -0.112. The highest BCUT2D eigenvalue weighted by Crippen LogP contribution is 2.37. The summed E-state index contributed by atoms with van der Waals surface area (Å²) in [5, 5.41) is 0. The largest absolute Gasteiger partial charge is 0.445 e. The summed E-state index contributed by atoms with van der Waals surface area (Å²) in [6.07, 6.45) is 3.73. The quantitative estimate of drug-likeness (QED) is 0.132. The van der Waals surface area contributed by atoms with Crippen molar-refractivity contribution in [1.82, 2.24) is 9.80 Å². The van der Waals surface area contributed by atoms with Gasteiger partial charge in [0, 0.05) is 40.5 Å². The van der Waals surface area contributed by atoms with Crippen LogP contribution in [0.4, 0.5) is 9.59 Å². The van der Waals surface area contributed by atoms with Crippen LogP contribution >= 0.6 is 31.9 Å². The van der Waals surface area contributed by atoms with Crippen molar-refractivity contribution in [1.29, 1.82) is 0 Å². The first-order chi connectivity index (χ1) is 23.3. The average molecular weight is 775 g/mol. The molecule has 2 unspecified atom stereocenters. The molecule has 2 aliphatic heterocycles. The minimum atomic E-state index is -0.657. The fraction of sp³-hybridized carbons (Fsp3) is 0.256. The highest BCUT2D eigenvalue weighted by atomic mass is 79.9. The zero-order valence-electron chi connectivity index (χ0n) is 26.6. The van der Waals surface area contributed by atoms with E-state index in [1.165, 1.54) is 5.56 Å². The number of carbonyl (C=O) groups is 3. The van der Waals surface area contributed by atoms with Crippen molar-refractivity contribution in [3.05, 3.63) is 153 Å². The Morgan fingerprint density at radius 2 is 1.10 bits per heavy atom. The Morgan fingerprint density at radius 1 is 0.667 bits per heavy atom. The third-order valence-corrected chi connectivity index (χ3v) is 9.93. The third kappa shape index (κ3) is 8.62. The Kier molecular flexibility index (Phi) is 11.9. The number of rotatable bonds is 8. The van der Waals surface area contributed by atoms with Crippen LogP contribution in [0.5, 0.6) is 0 Å². The molecular formula is C39H38Br2N2O5. The molecule has 0 radical (unpaired) electrons. The van der Waals surface area contributed by atoms with Crippen molar-refractivity contribution in [2.75, 3.05) is 26.2 Å². The van der Waals surface area contributed by atoms with Crippen molar-refractivity contribution in [2.24, 2.45) is 0 Å². The van der Waals surface area contributed by atoms with Gasteiger partial charge >= 0.3 is 12.2 Å². The highest BCUT2D eigenvalue weighted by Gasteiger charge is 2.42. The van der Waals surface area contributed by atoms with Crippen LogP contribution in [0.3, 0.4) is 0 Å². The van der Waals surface area contributed by atoms with Gasteiger partial charge in [-0.15, -0.1) is 6.58 Å². The van der Waals surface area contributed by atoms with Crippen molar-refractivity contribution < 1.29 is 23.9 Å². The number of carbonyl (C=O) groups excluding carboxylic acids is 3. The summed E-state index contributed by atoms with van der Waals surface area (Å²) in [5.41, 5.74) is 3.16. The van der Waals surface area contributed by atoms with Gasteiger partial charge < -0.3 is 24.1 Å². The van der Waals surface area contributed by atoms with Gasteiger partial charge in [0.05, 0.1) is 5.41 Å². The van der Waals surface area contributed by atoms with Crippen LogP contribution in [0, 0.1) is 0 Å². The van der Waals surface area contributed by atoms with Crippen molar-refractivity contribution >= 4 is 50.3 Å². The summed E-state index contributed by atoms with van der Waals surface area (Å²) < 4.78 is 12.8. The molecule has 0 bridgehead atoms. The molecule has 7 nitrogen and oxygen atoms in total. The molecule has 0 N–H and O–H groups in total. The Balaban J connectivity index is 0.000000188. The van der Waals surface area contributed by atoms with Gasteiger partial charge in [-0.1, -0.05) is 123 Å². The molecule has 48 heavy (non-hydrogen) atoms. The fourth-order valence-corrected chi connectivity index (χ4v) is 6.91. The minimum absolute atomic E-state index is 0.213. The van der Waals surface area contributed by atoms with E-state index in [-0.39, 0.29) is 24.2 Å². The predicted molar refractivity (Wildman–Crippen MR) is 194 cm³/mol. The van der Waals surface area contributed by atoms with Gasteiger partial charge in [-0.2, -0.15) is 0 Å². The Labute approximate surface area is 298 Å². The van der Waals surface area contributed by atoms with Crippen LogP contribution in [-0.4, -0.2) is 54.5 Å². The second kappa shape index (κ2) is 16.3. The van der Waals surface area contributed by atoms with Crippen molar-refractivity contribution in [3.63, 3.8) is 0 Å². The lowest BCUT2D eigenvalue weighted by Gasteiger charge is -2.26. The van der Waals surface area contributed by atoms with E-state index < -0.39 is 5.41 Å². The second-order valence-corrected chi connectivity index (χ2v) is 13.9. The van der Waals surface area contributed by atoms with E-state index in [2.05, 4.69) is 50.6 Å². The summed E-state index contributed by atoms with van der Waals surface area (Å²) in [5.74, 6) is 0. The number of nitrogens with zero attached hydrogens (tertiary/aromatic N) is 2. The van der Waals surface area contributed by atoms with Gasteiger partial charge in [0.15, 0.2) is 0 Å². The molecule has 0 spiro atoms. The average Bonchev–Trinajstić information content (AvgIpc) is 3.78. The second-order valence-electron chi connectivity index (χ2n) is 12.1. The maximum Gasteiger partial charge on any atom is 0.410 e. The summed E-state index contributed by atoms with van der Waals surface area (Å²) in [4.78, 5) is 39.9. The van der Waals surface area contributed by atoms with Crippen LogP contribution in [0.15, 0.2) is 131 Å².